The number of urea groups is 1. The summed E-state index contributed by atoms with van der Waals surface area (Å²) >= 11 is 0. The van der Waals surface area contributed by atoms with Crippen molar-refractivity contribution in [1.29, 1.82) is 0 Å². The van der Waals surface area contributed by atoms with Gasteiger partial charge in [0, 0.05) is 5.54 Å². The van der Waals surface area contributed by atoms with E-state index in [0.29, 0.717) is 6.42 Å². The van der Waals surface area contributed by atoms with E-state index < -0.39 is 12.0 Å². The van der Waals surface area contributed by atoms with Gasteiger partial charge >= 0.3 is 12.0 Å². The summed E-state index contributed by atoms with van der Waals surface area (Å²) in [6.07, 6.45) is 5.81. The van der Waals surface area contributed by atoms with E-state index in [0.717, 1.165) is 25.7 Å². The van der Waals surface area contributed by atoms with Crippen molar-refractivity contribution in [2.75, 3.05) is 0 Å². The molecule has 110 valence electrons. The minimum Gasteiger partial charge on any atom is -0.480 e. The summed E-state index contributed by atoms with van der Waals surface area (Å²) in [6, 6.07) is -1.18. The lowest BCUT2D eigenvalue weighted by atomic mass is 9.83. The van der Waals surface area contributed by atoms with Crippen LogP contribution < -0.4 is 10.6 Å². The molecule has 0 aromatic rings. The van der Waals surface area contributed by atoms with Crippen LogP contribution in [0.25, 0.3) is 0 Å². The zero-order valence-electron chi connectivity index (χ0n) is 12.2. The third-order valence-electron chi connectivity index (χ3n) is 3.68. The number of rotatable bonds is 5. The van der Waals surface area contributed by atoms with Crippen LogP contribution in [0.3, 0.4) is 0 Å². The van der Waals surface area contributed by atoms with Crippen LogP contribution in [0.15, 0.2) is 0 Å². The highest BCUT2D eigenvalue weighted by Gasteiger charge is 2.30. The monoisotopic (exact) mass is 270 g/mol. The van der Waals surface area contributed by atoms with Crippen molar-refractivity contribution in [1.82, 2.24) is 10.6 Å². The Kier molecular flexibility index (Phi) is 5.63. The molecular formula is C14H26N2O3. The number of amides is 2. The largest absolute Gasteiger partial charge is 0.480 e. The van der Waals surface area contributed by atoms with Crippen molar-refractivity contribution < 1.29 is 14.7 Å². The number of carbonyl (C=O) groups excluding carboxylic acids is 1. The van der Waals surface area contributed by atoms with Gasteiger partial charge in [-0.3, -0.25) is 0 Å². The Morgan fingerprint density at radius 3 is 2.26 bits per heavy atom. The van der Waals surface area contributed by atoms with Crippen molar-refractivity contribution in [3.8, 4) is 0 Å². The van der Waals surface area contributed by atoms with Crippen LogP contribution in [-0.2, 0) is 4.79 Å². The number of carbonyl (C=O) groups is 2. The van der Waals surface area contributed by atoms with Crippen molar-refractivity contribution >= 4 is 12.0 Å². The molecule has 5 heteroatoms. The standard InChI is InChI=1S/C14H26N2O3/c1-10(2)9-11(12(17)18)15-13(19)16-14(3)7-5-4-6-8-14/h10-11H,4-9H2,1-3H3,(H,17,18)(H2,15,16,19)/t11-/m1/s1. The van der Waals surface area contributed by atoms with E-state index in [-0.39, 0.29) is 17.5 Å². The van der Waals surface area contributed by atoms with E-state index in [1.54, 1.807) is 0 Å². The van der Waals surface area contributed by atoms with Gasteiger partial charge in [-0.2, -0.15) is 0 Å². The molecule has 1 aliphatic rings. The zero-order valence-corrected chi connectivity index (χ0v) is 12.2. The topological polar surface area (TPSA) is 78.4 Å². The Morgan fingerprint density at radius 1 is 1.21 bits per heavy atom. The van der Waals surface area contributed by atoms with Gasteiger partial charge in [0.15, 0.2) is 0 Å². The predicted octanol–water partition coefficient (Wildman–Crippen LogP) is 2.51. The normalized spacial score (nSPS) is 19.8. The van der Waals surface area contributed by atoms with Crippen LogP contribution in [0.5, 0.6) is 0 Å². The second kappa shape index (κ2) is 6.78. The van der Waals surface area contributed by atoms with E-state index in [4.69, 9.17) is 5.11 Å². The number of nitrogens with one attached hydrogen (secondary N) is 2. The quantitative estimate of drug-likeness (QED) is 0.718. The fraction of sp³-hybridized carbons (Fsp3) is 0.857. The Labute approximate surface area is 115 Å². The highest BCUT2D eigenvalue weighted by atomic mass is 16.4. The molecule has 0 unspecified atom stereocenters. The predicted molar refractivity (Wildman–Crippen MR) is 74.0 cm³/mol. The molecule has 0 aromatic heterocycles. The molecule has 1 fully saturated rings. The Hall–Kier alpha value is -1.26. The molecule has 19 heavy (non-hydrogen) atoms. The molecule has 1 rings (SSSR count). The number of hydrogen-bond donors (Lipinski definition) is 3. The van der Waals surface area contributed by atoms with E-state index >= 15 is 0 Å². The van der Waals surface area contributed by atoms with Gasteiger partial charge in [0.05, 0.1) is 0 Å². The van der Waals surface area contributed by atoms with Crippen LogP contribution in [0, 0.1) is 5.92 Å². The second-order valence-corrected chi connectivity index (χ2v) is 6.24. The number of carboxylic acid groups (broad SMARTS) is 1. The van der Waals surface area contributed by atoms with Gasteiger partial charge in [-0.1, -0.05) is 33.1 Å². The molecule has 1 saturated carbocycles. The number of hydrogen-bond acceptors (Lipinski definition) is 2. The highest BCUT2D eigenvalue weighted by Crippen LogP contribution is 2.27. The van der Waals surface area contributed by atoms with Crippen LogP contribution in [0.2, 0.25) is 0 Å². The lowest BCUT2D eigenvalue weighted by molar-refractivity contribution is -0.139. The third-order valence-corrected chi connectivity index (χ3v) is 3.68. The van der Waals surface area contributed by atoms with Crippen LogP contribution in [0.4, 0.5) is 4.79 Å². The van der Waals surface area contributed by atoms with Crippen molar-refractivity contribution in [3.05, 3.63) is 0 Å². The zero-order chi connectivity index (χ0) is 14.5. The summed E-state index contributed by atoms with van der Waals surface area (Å²) in [6.45, 7) is 5.92. The molecule has 5 nitrogen and oxygen atoms in total. The molecule has 0 aromatic carbocycles. The molecule has 1 aliphatic carbocycles. The Balaban J connectivity index is 2.50. The first-order valence-electron chi connectivity index (χ1n) is 7.14. The van der Waals surface area contributed by atoms with Crippen LogP contribution in [-0.4, -0.2) is 28.7 Å². The first kappa shape index (κ1) is 15.8. The van der Waals surface area contributed by atoms with Gasteiger partial charge in [0.1, 0.15) is 6.04 Å². The SMILES string of the molecule is CC(C)C[C@@H](NC(=O)NC1(C)CCCCC1)C(=O)O. The summed E-state index contributed by atoms with van der Waals surface area (Å²) in [4.78, 5) is 23.0. The van der Waals surface area contributed by atoms with Crippen molar-refractivity contribution in [3.63, 3.8) is 0 Å². The third kappa shape index (κ3) is 5.49. The molecule has 2 amide bonds. The second-order valence-electron chi connectivity index (χ2n) is 6.24. The maximum absolute atomic E-state index is 11.9. The van der Waals surface area contributed by atoms with Gasteiger partial charge < -0.3 is 15.7 Å². The minimum absolute atomic E-state index is 0.191. The molecule has 0 saturated heterocycles. The molecular weight excluding hydrogens is 244 g/mol. The van der Waals surface area contributed by atoms with E-state index in [1.165, 1.54) is 6.42 Å². The van der Waals surface area contributed by atoms with Crippen molar-refractivity contribution in [2.45, 2.75) is 70.9 Å². The number of aliphatic carboxylic acids is 1. The lowest BCUT2D eigenvalue weighted by Gasteiger charge is -2.35. The lowest BCUT2D eigenvalue weighted by Crippen LogP contribution is -2.54. The van der Waals surface area contributed by atoms with Gasteiger partial charge in [-0.15, -0.1) is 0 Å². The summed E-state index contributed by atoms with van der Waals surface area (Å²) < 4.78 is 0. The first-order chi connectivity index (χ1) is 8.82. The minimum atomic E-state index is -0.974. The summed E-state index contributed by atoms with van der Waals surface area (Å²) in [7, 11) is 0. The fourth-order valence-corrected chi connectivity index (χ4v) is 2.62. The van der Waals surface area contributed by atoms with Gasteiger partial charge in [0.25, 0.3) is 0 Å². The van der Waals surface area contributed by atoms with Crippen LogP contribution >= 0.6 is 0 Å². The molecule has 0 spiro atoms. The smallest absolute Gasteiger partial charge is 0.326 e. The molecule has 0 heterocycles. The average molecular weight is 270 g/mol. The van der Waals surface area contributed by atoms with Gasteiger partial charge in [-0.25, -0.2) is 9.59 Å². The molecule has 0 bridgehead atoms. The molecule has 1 atom stereocenters. The van der Waals surface area contributed by atoms with Gasteiger partial charge in [-0.05, 0) is 32.1 Å². The average Bonchev–Trinajstić information content (AvgIpc) is 2.27. The van der Waals surface area contributed by atoms with Crippen LogP contribution in [0.1, 0.15) is 59.3 Å². The van der Waals surface area contributed by atoms with E-state index in [9.17, 15) is 9.59 Å². The Bertz CT molecular complexity index is 323. The molecule has 0 radical (unpaired) electrons. The summed E-state index contributed by atoms with van der Waals surface area (Å²) in [5, 5.41) is 14.6. The summed E-state index contributed by atoms with van der Waals surface area (Å²) in [5.74, 6) is -0.746. The molecule has 0 aliphatic heterocycles. The number of carboxylic acids is 1. The highest BCUT2D eigenvalue weighted by molar-refractivity contribution is 5.82. The van der Waals surface area contributed by atoms with Crippen molar-refractivity contribution in [2.24, 2.45) is 5.92 Å². The first-order valence-corrected chi connectivity index (χ1v) is 7.14. The fourth-order valence-electron chi connectivity index (χ4n) is 2.62. The summed E-state index contributed by atoms with van der Waals surface area (Å²) in [5.41, 5.74) is -0.191. The maximum Gasteiger partial charge on any atom is 0.326 e. The van der Waals surface area contributed by atoms with E-state index in [1.807, 2.05) is 20.8 Å². The molecule has 3 N–H and O–H groups in total. The van der Waals surface area contributed by atoms with Gasteiger partial charge in [0.2, 0.25) is 0 Å². The Morgan fingerprint density at radius 2 is 1.79 bits per heavy atom. The van der Waals surface area contributed by atoms with E-state index in [2.05, 4.69) is 10.6 Å². The maximum atomic E-state index is 11.9.